The monoisotopic (exact) mass is 287 g/mol. The first-order valence-electron chi connectivity index (χ1n) is 7.32. The minimum atomic E-state index is 0.447. The molecule has 7 nitrogen and oxygen atoms in total. The van der Waals surface area contributed by atoms with E-state index in [1.165, 1.54) is 0 Å². The molecule has 0 aliphatic carbocycles. The largest absolute Gasteiger partial charge is 0.354 e. The average molecular weight is 287 g/mol. The van der Waals surface area contributed by atoms with Gasteiger partial charge in [-0.05, 0) is 12.1 Å². The summed E-state index contributed by atoms with van der Waals surface area (Å²) in [4.78, 5) is 9.19. The maximum absolute atomic E-state index is 5.53. The molecule has 0 atom stereocenters. The van der Waals surface area contributed by atoms with Gasteiger partial charge < -0.3 is 10.6 Å². The first-order chi connectivity index (χ1) is 10.3. The summed E-state index contributed by atoms with van der Waals surface area (Å²) in [6.07, 6.45) is 3.77. The van der Waals surface area contributed by atoms with Crippen LogP contribution in [0.25, 0.3) is 0 Å². The summed E-state index contributed by atoms with van der Waals surface area (Å²) >= 11 is 0. The van der Waals surface area contributed by atoms with Crippen LogP contribution < -0.4 is 10.6 Å². The molecule has 1 saturated heterocycles. The van der Waals surface area contributed by atoms with Crippen LogP contribution in [0, 0.1) is 0 Å². The van der Waals surface area contributed by atoms with Crippen LogP contribution in [0.3, 0.4) is 0 Å². The van der Waals surface area contributed by atoms with Crippen molar-refractivity contribution in [2.45, 2.75) is 13.1 Å². The molecule has 0 bridgehead atoms. The first kappa shape index (κ1) is 14.0. The third-order valence-corrected chi connectivity index (χ3v) is 3.79. The zero-order valence-corrected chi connectivity index (χ0v) is 12.1. The zero-order valence-electron chi connectivity index (χ0n) is 12.1. The van der Waals surface area contributed by atoms with Gasteiger partial charge in [0.25, 0.3) is 0 Å². The molecule has 1 aliphatic heterocycles. The fourth-order valence-corrected chi connectivity index (χ4v) is 2.53. The van der Waals surface area contributed by atoms with Crippen LogP contribution >= 0.6 is 0 Å². The Bertz CT molecular complexity index is 545. The minimum absolute atomic E-state index is 0.447. The van der Waals surface area contributed by atoms with E-state index in [4.69, 9.17) is 5.73 Å². The Balaban J connectivity index is 1.45. The van der Waals surface area contributed by atoms with Crippen LogP contribution in [0.15, 0.2) is 30.6 Å². The van der Waals surface area contributed by atoms with Crippen molar-refractivity contribution in [2.24, 2.45) is 5.73 Å². The van der Waals surface area contributed by atoms with Gasteiger partial charge in [0.1, 0.15) is 5.82 Å². The van der Waals surface area contributed by atoms with E-state index in [9.17, 15) is 0 Å². The van der Waals surface area contributed by atoms with Crippen molar-refractivity contribution in [3.05, 3.63) is 36.3 Å². The maximum Gasteiger partial charge on any atom is 0.128 e. The number of rotatable bonds is 5. The van der Waals surface area contributed by atoms with Crippen LogP contribution in [0.1, 0.15) is 5.69 Å². The van der Waals surface area contributed by atoms with Crippen molar-refractivity contribution in [3.8, 4) is 0 Å². The van der Waals surface area contributed by atoms with E-state index >= 15 is 0 Å². The van der Waals surface area contributed by atoms with Gasteiger partial charge in [0.05, 0.1) is 12.2 Å². The molecule has 0 spiro atoms. The lowest BCUT2D eigenvalue weighted by molar-refractivity contribution is 0.243. The number of hydrogen-bond donors (Lipinski definition) is 1. The van der Waals surface area contributed by atoms with Gasteiger partial charge in [-0.3, -0.25) is 9.58 Å². The SMILES string of the molecule is NCc1cn(CCN2CCN(c3ccccn3)CC2)nn1. The van der Waals surface area contributed by atoms with Gasteiger partial charge in [0.2, 0.25) is 0 Å². The molecule has 0 radical (unpaired) electrons. The predicted molar refractivity (Wildman–Crippen MR) is 80.8 cm³/mol. The Labute approximate surface area is 124 Å². The molecule has 3 heterocycles. The molecule has 21 heavy (non-hydrogen) atoms. The van der Waals surface area contributed by atoms with Crippen molar-refractivity contribution >= 4 is 5.82 Å². The molecular formula is C14H21N7. The van der Waals surface area contributed by atoms with Crippen molar-refractivity contribution in [1.29, 1.82) is 0 Å². The normalized spacial score (nSPS) is 16.3. The summed E-state index contributed by atoms with van der Waals surface area (Å²) < 4.78 is 1.87. The van der Waals surface area contributed by atoms with E-state index in [0.717, 1.165) is 50.8 Å². The van der Waals surface area contributed by atoms with Gasteiger partial charge >= 0.3 is 0 Å². The molecule has 2 aromatic rings. The Morgan fingerprint density at radius 1 is 1.10 bits per heavy atom. The number of nitrogens with zero attached hydrogens (tertiary/aromatic N) is 6. The second kappa shape index (κ2) is 6.64. The first-order valence-corrected chi connectivity index (χ1v) is 7.32. The third kappa shape index (κ3) is 3.56. The van der Waals surface area contributed by atoms with Gasteiger partial charge in [-0.15, -0.1) is 5.10 Å². The number of nitrogens with two attached hydrogens (primary N) is 1. The zero-order chi connectivity index (χ0) is 14.5. The van der Waals surface area contributed by atoms with E-state index in [-0.39, 0.29) is 0 Å². The van der Waals surface area contributed by atoms with Crippen LogP contribution in [0.2, 0.25) is 0 Å². The summed E-state index contributed by atoms with van der Waals surface area (Å²) in [7, 11) is 0. The lowest BCUT2D eigenvalue weighted by Gasteiger charge is -2.35. The van der Waals surface area contributed by atoms with Crippen LogP contribution in [0.4, 0.5) is 5.82 Å². The molecular weight excluding hydrogens is 266 g/mol. The smallest absolute Gasteiger partial charge is 0.128 e. The summed E-state index contributed by atoms with van der Waals surface area (Å²) in [5.41, 5.74) is 6.38. The highest BCUT2D eigenvalue weighted by Crippen LogP contribution is 2.12. The van der Waals surface area contributed by atoms with Gasteiger partial charge in [-0.25, -0.2) is 4.98 Å². The molecule has 0 saturated carbocycles. The number of piperazine rings is 1. The van der Waals surface area contributed by atoms with Crippen molar-refractivity contribution in [3.63, 3.8) is 0 Å². The number of pyridine rings is 1. The Morgan fingerprint density at radius 3 is 2.62 bits per heavy atom. The van der Waals surface area contributed by atoms with E-state index in [0.29, 0.717) is 6.54 Å². The second-order valence-electron chi connectivity index (χ2n) is 5.19. The second-order valence-corrected chi connectivity index (χ2v) is 5.19. The van der Waals surface area contributed by atoms with Gasteiger partial charge in [0.15, 0.2) is 0 Å². The maximum atomic E-state index is 5.53. The third-order valence-electron chi connectivity index (χ3n) is 3.79. The topological polar surface area (TPSA) is 76.1 Å². The lowest BCUT2D eigenvalue weighted by Crippen LogP contribution is -2.47. The molecule has 3 rings (SSSR count). The predicted octanol–water partition coefficient (Wildman–Crippen LogP) is -0.0460. The van der Waals surface area contributed by atoms with Crippen LogP contribution in [0.5, 0.6) is 0 Å². The van der Waals surface area contributed by atoms with E-state index in [1.54, 1.807) is 0 Å². The molecule has 2 aromatic heterocycles. The van der Waals surface area contributed by atoms with E-state index < -0.39 is 0 Å². The fraction of sp³-hybridized carbons (Fsp3) is 0.500. The Hall–Kier alpha value is -1.99. The summed E-state index contributed by atoms with van der Waals surface area (Å²) in [5, 5.41) is 8.08. The van der Waals surface area contributed by atoms with Gasteiger partial charge in [-0.2, -0.15) is 0 Å². The molecule has 1 fully saturated rings. The molecule has 0 amide bonds. The fourth-order valence-electron chi connectivity index (χ4n) is 2.53. The highest BCUT2D eigenvalue weighted by atomic mass is 15.4. The number of hydrogen-bond acceptors (Lipinski definition) is 6. The van der Waals surface area contributed by atoms with Crippen LogP contribution in [-0.4, -0.2) is 57.6 Å². The molecule has 7 heteroatoms. The lowest BCUT2D eigenvalue weighted by atomic mass is 10.3. The Kier molecular flexibility index (Phi) is 4.42. The number of anilines is 1. The molecule has 2 N–H and O–H groups in total. The average Bonchev–Trinajstić information content (AvgIpc) is 3.02. The molecule has 0 unspecified atom stereocenters. The molecule has 0 aromatic carbocycles. The quantitative estimate of drug-likeness (QED) is 0.831. The minimum Gasteiger partial charge on any atom is -0.354 e. The van der Waals surface area contributed by atoms with E-state index in [2.05, 4.69) is 31.2 Å². The molecule has 112 valence electrons. The van der Waals surface area contributed by atoms with Crippen molar-refractivity contribution in [1.82, 2.24) is 24.9 Å². The summed E-state index contributed by atoms with van der Waals surface area (Å²) in [6.45, 7) is 6.43. The van der Waals surface area contributed by atoms with Crippen molar-refractivity contribution < 1.29 is 0 Å². The highest BCUT2D eigenvalue weighted by Gasteiger charge is 2.17. The highest BCUT2D eigenvalue weighted by molar-refractivity contribution is 5.38. The standard InChI is InChI=1S/C14H21N7/c15-11-13-12-21(18-17-13)10-7-19-5-8-20(9-6-19)14-3-1-2-4-16-14/h1-4,12H,5-11,15H2. The van der Waals surface area contributed by atoms with Gasteiger partial charge in [-0.1, -0.05) is 11.3 Å². The van der Waals surface area contributed by atoms with E-state index in [1.807, 2.05) is 29.2 Å². The Morgan fingerprint density at radius 2 is 1.95 bits per heavy atom. The van der Waals surface area contributed by atoms with Crippen LogP contribution in [-0.2, 0) is 13.1 Å². The van der Waals surface area contributed by atoms with Gasteiger partial charge in [0, 0.05) is 51.7 Å². The number of aromatic nitrogens is 4. The summed E-state index contributed by atoms with van der Waals surface area (Å²) in [6, 6.07) is 6.06. The molecule has 1 aliphatic rings. The summed E-state index contributed by atoms with van der Waals surface area (Å²) in [5.74, 6) is 1.07. The van der Waals surface area contributed by atoms with Crippen molar-refractivity contribution in [2.75, 3.05) is 37.6 Å².